The topological polar surface area (TPSA) is 62.0 Å². The van der Waals surface area contributed by atoms with Gasteiger partial charge in [-0.25, -0.2) is 0 Å². The quantitative estimate of drug-likeness (QED) is 0.825. The molecule has 0 aromatic heterocycles. The van der Waals surface area contributed by atoms with Crippen LogP contribution in [0.5, 0.6) is 5.75 Å². The fourth-order valence-corrected chi connectivity index (χ4v) is 4.18. The molecule has 0 spiro atoms. The van der Waals surface area contributed by atoms with E-state index in [-0.39, 0.29) is 5.91 Å². The minimum Gasteiger partial charge on any atom is -0.496 e. The van der Waals surface area contributed by atoms with E-state index in [4.69, 9.17) is 10.5 Å². The molecule has 0 aliphatic carbocycles. The number of amides is 1. The SMILES string of the molecule is COc1ccccc1CN1CCN(C(=O)C[C@@H]2CC[C@H](CN)N2C)CC1. The zero-order chi connectivity index (χ0) is 18.5. The third-order valence-corrected chi connectivity index (χ3v) is 5.98. The van der Waals surface area contributed by atoms with Crippen molar-refractivity contribution in [3.05, 3.63) is 29.8 Å². The van der Waals surface area contributed by atoms with Gasteiger partial charge in [-0.15, -0.1) is 0 Å². The summed E-state index contributed by atoms with van der Waals surface area (Å²) < 4.78 is 5.44. The second-order valence-electron chi connectivity index (χ2n) is 7.46. The van der Waals surface area contributed by atoms with E-state index in [2.05, 4.69) is 22.9 Å². The van der Waals surface area contributed by atoms with Crippen molar-refractivity contribution in [2.45, 2.75) is 37.9 Å². The summed E-state index contributed by atoms with van der Waals surface area (Å²) >= 11 is 0. The number of likely N-dealkylation sites (N-methyl/N-ethyl adjacent to an activating group) is 1. The molecule has 6 nitrogen and oxygen atoms in total. The highest BCUT2D eigenvalue weighted by molar-refractivity contribution is 5.77. The average molecular weight is 361 g/mol. The molecule has 3 rings (SSSR count). The van der Waals surface area contributed by atoms with E-state index in [1.165, 1.54) is 5.56 Å². The van der Waals surface area contributed by atoms with Crippen molar-refractivity contribution in [2.75, 3.05) is 46.9 Å². The summed E-state index contributed by atoms with van der Waals surface area (Å²) in [4.78, 5) is 19.4. The molecule has 6 heteroatoms. The Kier molecular flexibility index (Phi) is 6.51. The van der Waals surface area contributed by atoms with Crippen LogP contribution in [0.4, 0.5) is 0 Å². The summed E-state index contributed by atoms with van der Waals surface area (Å²) in [7, 11) is 3.82. The molecule has 0 saturated carbocycles. The van der Waals surface area contributed by atoms with Gasteiger partial charge in [0.15, 0.2) is 0 Å². The summed E-state index contributed by atoms with van der Waals surface area (Å²) in [5, 5.41) is 0. The first-order valence-electron chi connectivity index (χ1n) is 9.66. The fraction of sp³-hybridized carbons (Fsp3) is 0.650. The second-order valence-corrected chi connectivity index (χ2v) is 7.46. The minimum absolute atomic E-state index is 0.288. The van der Waals surface area contributed by atoms with Crippen molar-refractivity contribution in [3.8, 4) is 5.75 Å². The Morgan fingerprint density at radius 2 is 1.85 bits per heavy atom. The van der Waals surface area contributed by atoms with Crippen LogP contribution in [0, 0.1) is 0 Å². The van der Waals surface area contributed by atoms with E-state index >= 15 is 0 Å². The van der Waals surface area contributed by atoms with Crippen LogP contribution in [0.15, 0.2) is 24.3 Å². The van der Waals surface area contributed by atoms with Crippen molar-refractivity contribution in [1.82, 2.24) is 14.7 Å². The van der Waals surface area contributed by atoms with Gasteiger partial charge in [-0.3, -0.25) is 14.6 Å². The highest BCUT2D eigenvalue weighted by Crippen LogP contribution is 2.25. The van der Waals surface area contributed by atoms with E-state index in [1.54, 1.807) is 7.11 Å². The molecule has 1 amide bonds. The lowest BCUT2D eigenvalue weighted by Crippen LogP contribution is -2.49. The molecule has 2 saturated heterocycles. The predicted octanol–water partition coefficient (Wildman–Crippen LogP) is 1.15. The average Bonchev–Trinajstić information content (AvgIpc) is 3.02. The smallest absolute Gasteiger partial charge is 0.224 e. The van der Waals surface area contributed by atoms with Gasteiger partial charge in [0, 0.05) is 63.3 Å². The largest absolute Gasteiger partial charge is 0.496 e. The lowest BCUT2D eigenvalue weighted by molar-refractivity contribution is -0.134. The van der Waals surface area contributed by atoms with Gasteiger partial charge in [0.05, 0.1) is 7.11 Å². The molecule has 1 aromatic carbocycles. The summed E-state index contributed by atoms with van der Waals surface area (Å²) in [6.45, 7) is 5.00. The van der Waals surface area contributed by atoms with Crippen molar-refractivity contribution < 1.29 is 9.53 Å². The predicted molar refractivity (Wildman–Crippen MR) is 103 cm³/mol. The number of likely N-dealkylation sites (tertiary alicyclic amines) is 1. The Balaban J connectivity index is 1.47. The molecule has 0 bridgehead atoms. The normalized spacial score (nSPS) is 24.8. The third-order valence-electron chi connectivity index (χ3n) is 5.98. The van der Waals surface area contributed by atoms with Gasteiger partial charge >= 0.3 is 0 Å². The maximum absolute atomic E-state index is 12.7. The van der Waals surface area contributed by atoms with Gasteiger partial charge in [0.1, 0.15) is 5.75 Å². The summed E-state index contributed by atoms with van der Waals surface area (Å²) in [6.07, 6.45) is 2.81. The van der Waals surface area contributed by atoms with Crippen LogP contribution in [0.25, 0.3) is 0 Å². The maximum Gasteiger partial charge on any atom is 0.224 e. The molecule has 2 atom stereocenters. The molecule has 144 valence electrons. The summed E-state index contributed by atoms with van der Waals surface area (Å²) in [5.74, 6) is 1.22. The number of carbonyl (C=O) groups excluding carboxylic acids is 1. The van der Waals surface area contributed by atoms with Crippen LogP contribution >= 0.6 is 0 Å². The molecule has 2 N–H and O–H groups in total. The number of hydrogen-bond donors (Lipinski definition) is 1. The Morgan fingerprint density at radius 3 is 2.50 bits per heavy atom. The van der Waals surface area contributed by atoms with Crippen LogP contribution in [0.1, 0.15) is 24.8 Å². The molecule has 1 aromatic rings. The zero-order valence-corrected chi connectivity index (χ0v) is 16.1. The molecular formula is C20H32N4O2. The van der Waals surface area contributed by atoms with E-state index in [0.717, 1.165) is 51.3 Å². The number of ether oxygens (including phenoxy) is 1. The number of benzene rings is 1. The van der Waals surface area contributed by atoms with Crippen molar-refractivity contribution in [2.24, 2.45) is 5.73 Å². The van der Waals surface area contributed by atoms with Crippen LogP contribution in [0.3, 0.4) is 0 Å². The second kappa shape index (κ2) is 8.84. The van der Waals surface area contributed by atoms with E-state index in [1.807, 2.05) is 23.1 Å². The van der Waals surface area contributed by atoms with Crippen LogP contribution in [0.2, 0.25) is 0 Å². The Morgan fingerprint density at radius 1 is 1.15 bits per heavy atom. The van der Waals surface area contributed by atoms with Crippen LogP contribution < -0.4 is 10.5 Å². The summed E-state index contributed by atoms with van der Waals surface area (Å²) in [5.41, 5.74) is 7.01. The molecule has 2 aliphatic heterocycles. The Bertz CT molecular complexity index is 601. The van der Waals surface area contributed by atoms with Crippen LogP contribution in [-0.2, 0) is 11.3 Å². The number of piperazine rings is 1. The first-order valence-corrected chi connectivity index (χ1v) is 9.66. The van der Waals surface area contributed by atoms with Gasteiger partial charge in [0.2, 0.25) is 5.91 Å². The fourth-order valence-electron chi connectivity index (χ4n) is 4.18. The Labute approximate surface area is 156 Å². The number of carbonyl (C=O) groups is 1. The standard InChI is InChI=1S/C20H32N4O2/c1-22-17(7-8-18(22)14-21)13-20(25)24-11-9-23(10-12-24)15-16-5-3-4-6-19(16)26-2/h3-6,17-18H,7-15,21H2,1-2H3/t17-,18+/m0/s1. The number of nitrogens with zero attached hydrogens (tertiary/aromatic N) is 3. The highest BCUT2D eigenvalue weighted by atomic mass is 16.5. The van der Waals surface area contributed by atoms with Gasteiger partial charge in [-0.05, 0) is 26.0 Å². The molecule has 2 fully saturated rings. The van der Waals surface area contributed by atoms with Crippen molar-refractivity contribution >= 4 is 5.91 Å². The molecule has 0 unspecified atom stereocenters. The van der Waals surface area contributed by atoms with E-state index < -0.39 is 0 Å². The van der Waals surface area contributed by atoms with Gasteiger partial charge in [-0.1, -0.05) is 18.2 Å². The number of methoxy groups -OCH3 is 1. The number of para-hydroxylation sites is 1. The zero-order valence-electron chi connectivity index (χ0n) is 16.1. The lowest BCUT2D eigenvalue weighted by atomic mass is 10.1. The lowest BCUT2D eigenvalue weighted by Gasteiger charge is -2.36. The van der Waals surface area contributed by atoms with E-state index in [0.29, 0.717) is 25.0 Å². The van der Waals surface area contributed by atoms with Gasteiger partial charge in [0.25, 0.3) is 0 Å². The number of nitrogens with two attached hydrogens (primary N) is 1. The molecule has 0 radical (unpaired) electrons. The van der Waals surface area contributed by atoms with Gasteiger partial charge < -0.3 is 15.4 Å². The molecular weight excluding hydrogens is 328 g/mol. The van der Waals surface area contributed by atoms with Crippen LogP contribution in [-0.4, -0.2) is 79.6 Å². The maximum atomic E-state index is 12.7. The highest BCUT2D eigenvalue weighted by Gasteiger charge is 2.32. The number of rotatable bonds is 6. The van der Waals surface area contributed by atoms with Gasteiger partial charge in [-0.2, -0.15) is 0 Å². The minimum atomic E-state index is 0.288. The third kappa shape index (κ3) is 4.37. The van der Waals surface area contributed by atoms with Crippen molar-refractivity contribution in [3.63, 3.8) is 0 Å². The van der Waals surface area contributed by atoms with Crippen molar-refractivity contribution in [1.29, 1.82) is 0 Å². The molecule has 26 heavy (non-hydrogen) atoms. The molecule has 2 heterocycles. The first kappa shape index (κ1) is 19.1. The summed E-state index contributed by atoms with van der Waals surface area (Å²) in [6, 6.07) is 8.94. The monoisotopic (exact) mass is 360 g/mol. The number of hydrogen-bond acceptors (Lipinski definition) is 5. The van der Waals surface area contributed by atoms with E-state index in [9.17, 15) is 4.79 Å². The molecule has 2 aliphatic rings. The Hall–Kier alpha value is -1.63. The first-order chi connectivity index (χ1) is 12.6.